The van der Waals surface area contributed by atoms with E-state index in [9.17, 15) is 23.1 Å². The highest BCUT2D eigenvalue weighted by molar-refractivity contribution is 7.93. The maximum Gasteiger partial charge on any atom is 0.326 e. The van der Waals surface area contributed by atoms with Gasteiger partial charge in [0, 0.05) is 11.8 Å². The molecule has 1 amide bonds. The number of hydrogen-bond acceptors (Lipinski definition) is 4. The lowest BCUT2D eigenvalue weighted by molar-refractivity contribution is -0.142. The number of carboxylic acid groups (broad SMARTS) is 1. The Morgan fingerprint density at radius 3 is 2.08 bits per heavy atom. The van der Waals surface area contributed by atoms with E-state index in [2.05, 4.69) is 5.32 Å². The van der Waals surface area contributed by atoms with Gasteiger partial charge >= 0.3 is 5.97 Å². The second-order valence-electron chi connectivity index (χ2n) is 9.81. The molecule has 0 bridgehead atoms. The van der Waals surface area contributed by atoms with Gasteiger partial charge in [-0.1, -0.05) is 104 Å². The van der Waals surface area contributed by atoms with Crippen molar-refractivity contribution < 1.29 is 23.1 Å². The number of nitrogens with one attached hydrogen (secondary N) is 1. The normalized spacial score (nSPS) is 15.7. The Bertz CT molecular complexity index is 1570. The first-order valence-electron chi connectivity index (χ1n) is 12.7. The molecule has 4 aromatic carbocycles. The van der Waals surface area contributed by atoms with Crippen molar-refractivity contribution in [3.63, 3.8) is 0 Å². The second kappa shape index (κ2) is 10.4. The molecular weight excluding hydrogens is 498 g/mol. The molecule has 1 aliphatic carbocycles. The van der Waals surface area contributed by atoms with Crippen LogP contribution in [0.5, 0.6) is 0 Å². The highest BCUT2D eigenvalue weighted by atomic mass is 32.2. The summed E-state index contributed by atoms with van der Waals surface area (Å²) in [5, 5.41) is 13.9. The molecule has 0 radical (unpaired) electrons. The van der Waals surface area contributed by atoms with E-state index in [1.165, 1.54) is 6.07 Å². The summed E-state index contributed by atoms with van der Waals surface area (Å²) in [7, 11) is -4.11. The van der Waals surface area contributed by atoms with Crippen LogP contribution in [0.25, 0.3) is 21.9 Å². The van der Waals surface area contributed by atoms with Gasteiger partial charge in [0.05, 0.1) is 4.90 Å². The maximum absolute atomic E-state index is 14.1. The van der Waals surface area contributed by atoms with Gasteiger partial charge in [-0.15, -0.1) is 0 Å². The minimum Gasteiger partial charge on any atom is -0.480 e. The molecule has 7 heteroatoms. The molecular formula is C31H29NO5S. The van der Waals surface area contributed by atoms with Crippen molar-refractivity contribution in [3.8, 4) is 11.1 Å². The molecule has 194 valence electrons. The number of carboxylic acids is 1. The summed E-state index contributed by atoms with van der Waals surface area (Å²) in [5.41, 5.74) is 2.77. The Kier molecular flexibility index (Phi) is 7.04. The number of rotatable bonds is 8. The first-order valence-corrected chi connectivity index (χ1v) is 14.2. The Labute approximate surface area is 222 Å². The van der Waals surface area contributed by atoms with E-state index in [1.54, 1.807) is 18.2 Å². The van der Waals surface area contributed by atoms with Crippen LogP contribution >= 0.6 is 0 Å². The number of carbonyl (C=O) groups is 2. The van der Waals surface area contributed by atoms with Crippen LogP contribution < -0.4 is 5.32 Å². The minimum absolute atomic E-state index is 0.0422. The summed E-state index contributed by atoms with van der Waals surface area (Å²) in [6, 6.07) is 28.3. The molecule has 4 aromatic rings. The molecule has 0 saturated heterocycles. The average molecular weight is 528 g/mol. The molecule has 2 N–H and O–H groups in total. The van der Waals surface area contributed by atoms with Crippen LogP contribution in [-0.2, 0) is 25.8 Å². The summed E-state index contributed by atoms with van der Waals surface area (Å²) in [6.45, 7) is 0. The largest absolute Gasteiger partial charge is 0.480 e. The Morgan fingerprint density at radius 2 is 1.39 bits per heavy atom. The molecule has 1 saturated carbocycles. The van der Waals surface area contributed by atoms with Gasteiger partial charge < -0.3 is 10.4 Å². The van der Waals surface area contributed by atoms with Crippen molar-refractivity contribution in [1.82, 2.24) is 5.32 Å². The number of carbonyl (C=O) groups excluding carboxylic acids is 1. The van der Waals surface area contributed by atoms with Crippen LogP contribution in [0.4, 0.5) is 0 Å². The predicted molar refractivity (Wildman–Crippen MR) is 147 cm³/mol. The van der Waals surface area contributed by atoms with E-state index in [0.717, 1.165) is 22.1 Å². The molecule has 1 fully saturated rings. The third-order valence-corrected chi connectivity index (χ3v) is 10.0. The summed E-state index contributed by atoms with van der Waals surface area (Å²) < 4.78 is 26.5. The van der Waals surface area contributed by atoms with Gasteiger partial charge in [-0.2, -0.15) is 0 Å². The van der Waals surface area contributed by atoms with Crippen molar-refractivity contribution in [2.75, 3.05) is 0 Å². The maximum atomic E-state index is 14.1. The highest BCUT2D eigenvalue weighted by Crippen LogP contribution is 2.42. The highest BCUT2D eigenvalue weighted by Gasteiger charge is 2.54. The third-order valence-electron chi connectivity index (χ3n) is 7.48. The van der Waals surface area contributed by atoms with E-state index in [-0.39, 0.29) is 24.2 Å². The van der Waals surface area contributed by atoms with E-state index >= 15 is 0 Å². The fraction of sp³-hybridized carbons (Fsp3) is 0.226. The summed E-state index contributed by atoms with van der Waals surface area (Å²) in [4.78, 5) is 26.0. The van der Waals surface area contributed by atoms with Gasteiger partial charge in [0.15, 0.2) is 14.6 Å². The lowest BCUT2D eigenvalue weighted by Crippen LogP contribution is -2.55. The monoisotopic (exact) mass is 527 g/mol. The average Bonchev–Trinajstić information content (AvgIpc) is 3.45. The molecule has 0 unspecified atom stereocenters. The van der Waals surface area contributed by atoms with Gasteiger partial charge in [-0.3, -0.25) is 4.79 Å². The number of sulfone groups is 1. The first kappa shape index (κ1) is 25.7. The van der Waals surface area contributed by atoms with Crippen LogP contribution in [0.1, 0.15) is 31.2 Å². The number of benzene rings is 4. The van der Waals surface area contributed by atoms with Crippen molar-refractivity contribution in [1.29, 1.82) is 0 Å². The summed E-state index contributed by atoms with van der Waals surface area (Å²) >= 11 is 0. The lowest BCUT2D eigenvalue weighted by Gasteiger charge is -2.29. The van der Waals surface area contributed by atoms with Crippen LogP contribution in [-0.4, -0.2) is 36.2 Å². The smallest absolute Gasteiger partial charge is 0.326 e. The van der Waals surface area contributed by atoms with E-state index in [1.807, 2.05) is 72.8 Å². The Morgan fingerprint density at radius 1 is 0.789 bits per heavy atom. The molecule has 6 nitrogen and oxygen atoms in total. The summed E-state index contributed by atoms with van der Waals surface area (Å²) in [5.74, 6) is -1.95. The standard InChI is InChI=1S/C31H29NO5S/c33-29(34)27(21-22-15-17-24(18-16-22)23-9-2-1-3-10-23)32-30(35)31(19-6-7-20-31)38(36,37)28-14-8-12-25-11-4-5-13-26(25)28/h1-5,8-18,27H,6-7,19-21H2,(H,32,35)(H,33,34)/t27-/m0/s1. The van der Waals surface area contributed by atoms with Crippen LogP contribution in [0, 0.1) is 0 Å². The molecule has 0 spiro atoms. The van der Waals surface area contributed by atoms with Crippen molar-refractivity contribution in [2.45, 2.75) is 47.8 Å². The van der Waals surface area contributed by atoms with Gasteiger partial charge in [-0.25, -0.2) is 13.2 Å². The van der Waals surface area contributed by atoms with Crippen LogP contribution in [0.2, 0.25) is 0 Å². The molecule has 38 heavy (non-hydrogen) atoms. The first-order chi connectivity index (χ1) is 18.3. The molecule has 1 atom stereocenters. The number of amides is 1. The zero-order valence-electron chi connectivity index (χ0n) is 20.8. The lowest BCUT2D eigenvalue weighted by atomic mass is 9.99. The summed E-state index contributed by atoms with van der Waals surface area (Å²) in [6.07, 6.45) is 1.51. The van der Waals surface area contributed by atoms with Gasteiger partial charge in [0.1, 0.15) is 6.04 Å². The van der Waals surface area contributed by atoms with Crippen LogP contribution in [0.3, 0.4) is 0 Å². The Balaban J connectivity index is 1.42. The van der Waals surface area contributed by atoms with E-state index < -0.39 is 32.5 Å². The molecule has 0 aliphatic heterocycles. The molecule has 0 aromatic heterocycles. The van der Waals surface area contributed by atoms with Gasteiger partial charge in [0.2, 0.25) is 5.91 Å². The van der Waals surface area contributed by atoms with Gasteiger partial charge in [-0.05, 0) is 41.0 Å². The fourth-order valence-corrected chi connectivity index (χ4v) is 7.68. The van der Waals surface area contributed by atoms with Crippen molar-refractivity contribution in [3.05, 3.63) is 103 Å². The Hall–Kier alpha value is -3.97. The number of aliphatic carboxylic acids is 1. The third kappa shape index (κ3) is 4.70. The van der Waals surface area contributed by atoms with E-state index in [0.29, 0.717) is 18.2 Å². The zero-order chi connectivity index (χ0) is 26.8. The van der Waals surface area contributed by atoms with Crippen molar-refractivity contribution >= 4 is 32.5 Å². The predicted octanol–water partition coefficient (Wildman–Crippen LogP) is 5.41. The topological polar surface area (TPSA) is 101 Å². The molecule has 5 rings (SSSR count). The number of fused-ring (bicyclic) bond motifs is 1. The quantitative estimate of drug-likeness (QED) is 0.319. The van der Waals surface area contributed by atoms with Crippen molar-refractivity contribution in [2.24, 2.45) is 0 Å². The zero-order valence-corrected chi connectivity index (χ0v) is 21.7. The van der Waals surface area contributed by atoms with Gasteiger partial charge in [0.25, 0.3) is 0 Å². The van der Waals surface area contributed by atoms with E-state index in [4.69, 9.17) is 0 Å². The SMILES string of the molecule is O=C(O)[C@H](Cc1ccc(-c2ccccc2)cc1)NC(=O)C1(S(=O)(=O)c2cccc3ccccc23)CCCC1. The second-order valence-corrected chi connectivity index (χ2v) is 12.0. The van der Waals surface area contributed by atoms with Crippen LogP contribution in [0.15, 0.2) is 102 Å². The minimum atomic E-state index is -4.11. The molecule has 0 heterocycles. The fourth-order valence-electron chi connectivity index (χ4n) is 5.39. The number of hydrogen-bond donors (Lipinski definition) is 2. The molecule has 1 aliphatic rings.